The van der Waals surface area contributed by atoms with Crippen LogP contribution in [0.15, 0.2) is 54.9 Å². The van der Waals surface area contributed by atoms with Crippen molar-refractivity contribution in [3.05, 3.63) is 77.4 Å². The van der Waals surface area contributed by atoms with Crippen molar-refractivity contribution in [2.24, 2.45) is 0 Å². The minimum atomic E-state index is -4.80. The maximum Gasteiger partial charge on any atom is 0.418 e. The van der Waals surface area contributed by atoms with E-state index in [-0.39, 0.29) is 24.4 Å². The van der Waals surface area contributed by atoms with Crippen molar-refractivity contribution in [3.8, 4) is 11.1 Å². The smallest absolute Gasteiger partial charge is 0.418 e. The van der Waals surface area contributed by atoms with Gasteiger partial charge in [-0.25, -0.2) is 14.1 Å². The highest BCUT2D eigenvalue weighted by molar-refractivity contribution is 6.06. The summed E-state index contributed by atoms with van der Waals surface area (Å²) in [5.41, 5.74) is 1.14. The molecule has 0 unspecified atom stereocenters. The normalized spacial score (nSPS) is 18.5. The Morgan fingerprint density at radius 2 is 1.84 bits per heavy atom. The SMILES string of the molecule is CNC(=O)Cn1cc(-c2ccc3c(c2)CC[C@]32OC(=O)N(CC(=O)N(Cc3ccc(F)cc3)[C@@H](C)C(F)(F)F)C2=O)cn1. The Morgan fingerprint density at radius 1 is 1.12 bits per heavy atom. The summed E-state index contributed by atoms with van der Waals surface area (Å²) < 4.78 is 61.4. The van der Waals surface area contributed by atoms with E-state index in [1.807, 2.05) is 6.07 Å². The van der Waals surface area contributed by atoms with Crippen molar-refractivity contribution in [1.29, 1.82) is 0 Å². The fraction of sp³-hybridized carbons (Fsp3) is 0.345. The Kier molecular flexibility index (Phi) is 7.71. The van der Waals surface area contributed by atoms with Gasteiger partial charge in [-0.3, -0.25) is 19.1 Å². The van der Waals surface area contributed by atoms with Gasteiger partial charge in [-0.2, -0.15) is 18.3 Å². The number of ether oxygens (including phenoxy) is 1. The number of aryl methyl sites for hydroxylation is 1. The number of halogens is 4. The van der Waals surface area contributed by atoms with Crippen LogP contribution in [0, 0.1) is 5.82 Å². The zero-order chi connectivity index (χ0) is 31.1. The number of fused-ring (bicyclic) bond motifs is 2. The predicted molar refractivity (Wildman–Crippen MR) is 142 cm³/mol. The van der Waals surface area contributed by atoms with Crippen molar-refractivity contribution < 1.29 is 41.5 Å². The van der Waals surface area contributed by atoms with Crippen LogP contribution in [0.3, 0.4) is 0 Å². The van der Waals surface area contributed by atoms with Crippen LogP contribution in [0.25, 0.3) is 11.1 Å². The van der Waals surface area contributed by atoms with Gasteiger partial charge < -0.3 is 15.0 Å². The van der Waals surface area contributed by atoms with Gasteiger partial charge in [0.2, 0.25) is 17.4 Å². The Labute approximate surface area is 243 Å². The third-order valence-corrected chi connectivity index (χ3v) is 7.73. The fourth-order valence-corrected chi connectivity index (χ4v) is 5.29. The molecule has 1 saturated heterocycles. The van der Waals surface area contributed by atoms with E-state index in [9.17, 15) is 36.7 Å². The molecule has 0 radical (unpaired) electrons. The largest absolute Gasteiger partial charge is 0.427 e. The topological polar surface area (TPSA) is 114 Å². The lowest BCUT2D eigenvalue weighted by atomic mass is 9.93. The fourth-order valence-electron chi connectivity index (χ4n) is 5.29. The maximum absolute atomic E-state index is 13.7. The molecule has 2 aliphatic rings. The highest BCUT2D eigenvalue weighted by Gasteiger charge is 2.58. The molecule has 43 heavy (non-hydrogen) atoms. The van der Waals surface area contributed by atoms with Gasteiger partial charge in [0.25, 0.3) is 5.91 Å². The molecule has 10 nitrogen and oxygen atoms in total. The first kappa shape index (κ1) is 29.7. The summed E-state index contributed by atoms with van der Waals surface area (Å²) in [6.07, 6.45) is -2.20. The lowest BCUT2D eigenvalue weighted by Crippen LogP contribution is -2.51. The molecule has 0 saturated carbocycles. The lowest BCUT2D eigenvalue weighted by Gasteiger charge is -2.31. The highest BCUT2D eigenvalue weighted by atomic mass is 19.4. The van der Waals surface area contributed by atoms with E-state index in [0.717, 1.165) is 35.7 Å². The molecule has 0 bridgehead atoms. The van der Waals surface area contributed by atoms with Crippen molar-refractivity contribution in [3.63, 3.8) is 0 Å². The second-order valence-corrected chi connectivity index (χ2v) is 10.4. The third-order valence-electron chi connectivity index (χ3n) is 7.73. The van der Waals surface area contributed by atoms with Crippen molar-refractivity contribution in [2.75, 3.05) is 13.6 Å². The van der Waals surface area contributed by atoms with Crippen LogP contribution in [-0.2, 0) is 44.2 Å². The summed E-state index contributed by atoms with van der Waals surface area (Å²) >= 11 is 0. The zero-order valence-corrected chi connectivity index (χ0v) is 23.2. The number of hydrogen-bond donors (Lipinski definition) is 1. The number of likely N-dealkylation sites (N-methyl/N-ethyl adjacent to an activating group) is 1. The molecule has 4 amide bonds. The predicted octanol–water partition coefficient (Wildman–Crippen LogP) is 3.54. The van der Waals surface area contributed by atoms with Gasteiger partial charge in [0.05, 0.1) is 6.20 Å². The van der Waals surface area contributed by atoms with Gasteiger partial charge in [-0.1, -0.05) is 30.3 Å². The van der Waals surface area contributed by atoms with E-state index in [1.54, 1.807) is 24.5 Å². The van der Waals surface area contributed by atoms with E-state index >= 15 is 0 Å². The number of hydrogen-bond acceptors (Lipinski definition) is 6. The molecule has 2 heterocycles. The van der Waals surface area contributed by atoms with Gasteiger partial charge >= 0.3 is 12.3 Å². The molecule has 2 atom stereocenters. The summed E-state index contributed by atoms with van der Waals surface area (Å²) in [4.78, 5) is 52.4. The maximum atomic E-state index is 13.7. The summed E-state index contributed by atoms with van der Waals surface area (Å²) in [7, 11) is 1.52. The van der Waals surface area contributed by atoms with E-state index in [2.05, 4.69) is 10.4 Å². The van der Waals surface area contributed by atoms with Gasteiger partial charge in [0.15, 0.2) is 0 Å². The quantitative estimate of drug-likeness (QED) is 0.396. The number of aromatic nitrogens is 2. The van der Waals surface area contributed by atoms with Crippen molar-refractivity contribution in [2.45, 2.75) is 50.7 Å². The number of rotatable bonds is 8. The van der Waals surface area contributed by atoms with Crippen LogP contribution < -0.4 is 5.32 Å². The molecule has 1 aliphatic carbocycles. The molecule has 14 heteroatoms. The molecule has 1 spiro atoms. The standard InChI is InChI=1S/C29H27F4N5O5/c1-17(29(31,32)33)37(13-18-3-6-22(30)7-4-18)25(40)16-38-26(41)28(43-27(38)42)10-9-20-11-19(5-8-23(20)28)21-12-35-36(14-21)15-24(39)34-2/h3-8,11-12,14,17H,9-10,13,15-16H2,1-2H3,(H,34,39)/t17-,28-/m0/s1. The summed E-state index contributed by atoms with van der Waals surface area (Å²) in [5, 5.41) is 6.69. The number of alkyl halides is 3. The van der Waals surface area contributed by atoms with Crippen LogP contribution in [0.1, 0.15) is 30.0 Å². The van der Waals surface area contributed by atoms with E-state index in [1.165, 1.54) is 23.9 Å². The minimum Gasteiger partial charge on any atom is -0.427 e. The monoisotopic (exact) mass is 601 g/mol. The number of carbonyl (C=O) groups is 4. The average Bonchev–Trinajstić information content (AvgIpc) is 3.64. The summed E-state index contributed by atoms with van der Waals surface area (Å²) in [6, 6.07) is 7.52. The molecule has 1 fully saturated rings. The molecule has 1 aromatic heterocycles. The highest BCUT2D eigenvalue weighted by Crippen LogP contribution is 2.46. The van der Waals surface area contributed by atoms with Crippen molar-refractivity contribution in [1.82, 2.24) is 24.9 Å². The van der Waals surface area contributed by atoms with Crippen molar-refractivity contribution >= 4 is 23.8 Å². The van der Waals surface area contributed by atoms with E-state index in [4.69, 9.17) is 4.74 Å². The number of benzene rings is 2. The van der Waals surface area contributed by atoms with Gasteiger partial charge in [-0.15, -0.1) is 0 Å². The Bertz CT molecular complexity index is 1590. The number of amides is 4. The van der Waals surface area contributed by atoms with Crippen LogP contribution in [0.2, 0.25) is 0 Å². The Morgan fingerprint density at radius 3 is 2.51 bits per heavy atom. The molecule has 1 aliphatic heterocycles. The minimum absolute atomic E-state index is 0.0344. The van der Waals surface area contributed by atoms with Crippen LogP contribution in [0.4, 0.5) is 22.4 Å². The van der Waals surface area contributed by atoms with Gasteiger partial charge in [0.1, 0.15) is 24.9 Å². The first-order valence-electron chi connectivity index (χ1n) is 13.3. The molecular formula is C29H27F4N5O5. The molecule has 2 aromatic carbocycles. The van der Waals surface area contributed by atoms with Gasteiger partial charge in [0, 0.05) is 37.3 Å². The number of nitrogens with one attached hydrogen (secondary N) is 1. The zero-order valence-electron chi connectivity index (χ0n) is 23.2. The van der Waals surface area contributed by atoms with Gasteiger partial charge in [-0.05, 0) is 42.2 Å². The molecule has 3 aromatic rings. The molecule has 1 N–H and O–H groups in total. The van der Waals surface area contributed by atoms with E-state index in [0.29, 0.717) is 21.8 Å². The summed E-state index contributed by atoms with van der Waals surface area (Å²) in [5.74, 6) is -2.78. The number of imide groups is 1. The first-order chi connectivity index (χ1) is 20.3. The first-order valence-corrected chi connectivity index (χ1v) is 13.3. The Balaban J connectivity index is 1.36. The molecular weight excluding hydrogens is 574 g/mol. The Hall–Kier alpha value is -4.75. The third kappa shape index (κ3) is 5.68. The average molecular weight is 602 g/mol. The molecule has 226 valence electrons. The van der Waals surface area contributed by atoms with Crippen LogP contribution in [0.5, 0.6) is 0 Å². The number of carbonyl (C=O) groups excluding carboxylic acids is 4. The summed E-state index contributed by atoms with van der Waals surface area (Å²) in [6.45, 7) is -0.654. The molecule has 5 rings (SSSR count). The second-order valence-electron chi connectivity index (χ2n) is 10.4. The van der Waals surface area contributed by atoms with E-state index < -0.39 is 54.6 Å². The lowest BCUT2D eigenvalue weighted by molar-refractivity contribution is -0.187. The van der Waals surface area contributed by atoms with Crippen LogP contribution >= 0.6 is 0 Å². The second kappa shape index (κ2) is 11.2. The number of nitrogens with zero attached hydrogens (tertiary/aromatic N) is 4. The van der Waals surface area contributed by atoms with Crippen LogP contribution in [-0.4, -0.2) is 69.2 Å².